The van der Waals surface area contributed by atoms with Gasteiger partial charge < -0.3 is 4.98 Å². The van der Waals surface area contributed by atoms with E-state index in [1.54, 1.807) is 6.20 Å². The largest absolute Gasteiger partial charge is 0.357 e. The molecule has 1 N–H and O–H groups in total. The maximum atomic E-state index is 14.8. The summed E-state index contributed by atoms with van der Waals surface area (Å²) < 4.78 is 28.8. The van der Waals surface area contributed by atoms with Gasteiger partial charge in [0, 0.05) is 47.6 Å². The number of hydrogen-bond donors (Lipinski definition) is 1. The average molecular weight is 375 g/mol. The summed E-state index contributed by atoms with van der Waals surface area (Å²) in [6.45, 7) is 1.37. The van der Waals surface area contributed by atoms with Gasteiger partial charge in [-0.1, -0.05) is 24.3 Å². The number of benzene rings is 2. The van der Waals surface area contributed by atoms with Gasteiger partial charge in [-0.2, -0.15) is 0 Å². The molecule has 1 atom stereocenters. The van der Waals surface area contributed by atoms with E-state index in [4.69, 9.17) is 0 Å². The van der Waals surface area contributed by atoms with Crippen molar-refractivity contribution in [3.63, 3.8) is 0 Å². The molecule has 0 amide bonds. The van der Waals surface area contributed by atoms with Crippen LogP contribution in [-0.4, -0.2) is 21.4 Å². The summed E-state index contributed by atoms with van der Waals surface area (Å²) in [6.07, 6.45) is 4.41. The Morgan fingerprint density at radius 3 is 2.82 bits per heavy atom. The van der Waals surface area contributed by atoms with Crippen molar-refractivity contribution in [2.75, 3.05) is 6.54 Å². The number of para-hydroxylation sites is 1. The minimum Gasteiger partial charge on any atom is -0.357 e. The third-order valence-corrected chi connectivity index (χ3v) is 5.50. The van der Waals surface area contributed by atoms with E-state index in [9.17, 15) is 8.78 Å². The number of pyridine rings is 1. The number of hydrogen-bond acceptors (Lipinski definition) is 2. The van der Waals surface area contributed by atoms with E-state index in [0.29, 0.717) is 12.1 Å². The standard InChI is InChI=1S/C23H19F2N3/c24-16-7-8-20(25)19(12-16)23-22-18(17-5-1-2-6-21(17)27-22)9-11-28(23)14-15-4-3-10-26-13-15/h1-8,10,12-13,23,27H,9,11,14H2. The predicted octanol–water partition coefficient (Wildman–Crippen LogP) is 4.99. The highest BCUT2D eigenvalue weighted by molar-refractivity contribution is 5.85. The lowest BCUT2D eigenvalue weighted by Crippen LogP contribution is -2.36. The Morgan fingerprint density at radius 2 is 1.96 bits per heavy atom. The molecule has 3 nitrogen and oxygen atoms in total. The van der Waals surface area contributed by atoms with Crippen LogP contribution < -0.4 is 0 Å². The molecule has 0 fully saturated rings. The lowest BCUT2D eigenvalue weighted by molar-refractivity contribution is 0.198. The molecule has 0 bridgehead atoms. The van der Waals surface area contributed by atoms with E-state index in [-0.39, 0.29) is 6.04 Å². The van der Waals surface area contributed by atoms with Gasteiger partial charge in [-0.3, -0.25) is 9.88 Å². The fourth-order valence-electron chi connectivity index (χ4n) is 4.26. The van der Waals surface area contributed by atoms with Crippen molar-refractivity contribution in [2.45, 2.75) is 19.0 Å². The zero-order chi connectivity index (χ0) is 19.1. The quantitative estimate of drug-likeness (QED) is 0.547. The SMILES string of the molecule is Fc1ccc(F)c(C2c3[nH]c4ccccc4c3CCN2Cc2cccnc2)c1. The Labute approximate surface area is 161 Å². The molecule has 2 aromatic heterocycles. The molecule has 0 aliphatic carbocycles. The summed E-state index contributed by atoms with van der Waals surface area (Å²) in [7, 11) is 0. The third kappa shape index (κ3) is 2.88. The van der Waals surface area contributed by atoms with Crippen LogP contribution in [0.5, 0.6) is 0 Å². The van der Waals surface area contributed by atoms with Gasteiger partial charge in [0.2, 0.25) is 0 Å². The molecular formula is C23H19F2N3. The Kier molecular flexibility index (Phi) is 4.17. The maximum Gasteiger partial charge on any atom is 0.128 e. The van der Waals surface area contributed by atoms with Gasteiger partial charge in [0.25, 0.3) is 0 Å². The Balaban J connectivity index is 1.67. The fraction of sp³-hybridized carbons (Fsp3) is 0.174. The molecule has 0 saturated carbocycles. The predicted molar refractivity (Wildman–Crippen MR) is 105 cm³/mol. The monoisotopic (exact) mass is 375 g/mol. The van der Waals surface area contributed by atoms with E-state index in [1.165, 1.54) is 23.8 Å². The first-order chi connectivity index (χ1) is 13.7. The number of fused-ring (bicyclic) bond motifs is 3. The van der Waals surface area contributed by atoms with Crippen LogP contribution in [-0.2, 0) is 13.0 Å². The van der Waals surface area contributed by atoms with E-state index in [2.05, 4.69) is 20.9 Å². The molecule has 0 radical (unpaired) electrons. The van der Waals surface area contributed by atoms with Gasteiger partial charge in [0.05, 0.1) is 6.04 Å². The minimum atomic E-state index is -0.430. The zero-order valence-electron chi connectivity index (χ0n) is 15.2. The lowest BCUT2D eigenvalue weighted by atomic mass is 9.91. The van der Waals surface area contributed by atoms with Gasteiger partial charge >= 0.3 is 0 Å². The smallest absolute Gasteiger partial charge is 0.128 e. The maximum absolute atomic E-state index is 14.8. The summed E-state index contributed by atoms with van der Waals surface area (Å²) in [5.41, 5.74) is 4.56. The van der Waals surface area contributed by atoms with Crippen LogP contribution in [0.15, 0.2) is 67.0 Å². The summed E-state index contributed by atoms with van der Waals surface area (Å²) in [4.78, 5) is 9.86. The number of nitrogens with one attached hydrogen (secondary N) is 1. The van der Waals surface area contributed by atoms with Crippen LogP contribution in [0, 0.1) is 11.6 Å². The van der Waals surface area contributed by atoms with Gasteiger partial charge in [-0.25, -0.2) is 8.78 Å². The third-order valence-electron chi connectivity index (χ3n) is 5.50. The summed E-state index contributed by atoms with van der Waals surface area (Å²) >= 11 is 0. The highest BCUT2D eigenvalue weighted by atomic mass is 19.1. The summed E-state index contributed by atoms with van der Waals surface area (Å²) in [6, 6.07) is 15.3. The molecule has 3 heterocycles. The van der Waals surface area contributed by atoms with E-state index in [0.717, 1.165) is 35.1 Å². The molecule has 0 saturated heterocycles. The number of aromatic nitrogens is 2. The van der Waals surface area contributed by atoms with Crippen LogP contribution in [0.3, 0.4) is 0 Å². The van der Waals surface area contributed by atoms with Gasteiger partial charge in [-0.15, -0.1) is 0 Å². The molecule has 2 aromatic carbocycles. The van der Waals surface area contributed by atoms with E-state index >= 15 is 0 Å². The second-order valence-electron chi connectivity index (χ2n) is 7.21. The van der Waals surface area contributed by atoms with Crippen LogP contribution in [0.2, 0.25) is 0 Å². The van der Waals surface area contributed by atoms with Crippen LogP contribution in [0.4, 0.5) is 8.78 Å². The average Bonchev–Trinajstić information content (AvgIpc) is 3.09. The van der Waals surface area contributed by atoms with Crippen molar-refractivity contribution in [3.05, 3.63) is 101 Å². The van der Waals surface area contributed by atoms with Crippen molar-refractivity contribution < 1.29 is 8.78 Å². The van der Waals surface area contributed by atoms with E-state index < -0.39 is 11.6 Å². The van der Waals surface area contributed by atoms with E-state index in [1.807, 2.05) is 36.5 Å². The normalized spacial score (nSPS) is 17.0. The molecule has 140 valence electrons. The van der Waals surface area contributed by atoms with Crippen molar-refractivity contribution in [1.29, 1.82) is 0 Å². The van der Waals surface area contributed by atoms with Gasteiger partial charge in [0.15, 0.2) is 0 Å². The molecule has 0 spiro atoms. The molecule has 1 unspecified atom stereocenters. The molecule has 28 heavy (non-hydrogen) atoms. The van der Waals surface area contributed by atoms with Crippen molar-refractivity contribution >= 4 is 10.9 Å². The molecule has 5 rings (SSSR count). The number of rotatable bonds is 3. The van der Waals surface area contributed by atoms with Crippen molar-refractivity contribution in [2.24, 2.45) is 0 Å². The molecule has 1 aliphatic heterocycles. The highest BCUT2D eigenvalue weighted by Gasteiger charge is 2.33. The molecular weight excluding hydrogens is 356 g/mol. The first-order valence-corrected chi connectivity index (χ1v) is 9.38. The summed E-state index contributed by atoms with van der Waals surface area (Å²) in [5, 5.41) is 1.15. The number of aromatic amines is 1. The topological polar surface area (TPSA) is 31.9 Å². The minimum absolute atomic E-state index is 0.358. The molecule has 1 aliphatic rings. The number of H-pyrrole nitrogens is 1. The van der Waals surface area contributed by atoms with Crippen molar-refractivity contribution in [1.82, 2.24) is 14.9 Å². The van der Waals surface area contributed by atoms with Gasteiger partial charge in [0.1, 0.15) is 11.6 Å². The Morgan fingerprint density at radius 1 is 1.07 bits per heavy atom. The van der Waals surface area contributed by atoms with Crippen LogP contribution >= 0.6 is 0 Å². The summed E-state index contributed by atoms with van der Waals surface area (Å²) in [5.74, 6) is -0.824. The first kappa shape index (κ1) is 17.1. The number of halogens is 2. The highest BCUT2D eigenvalue weighted by Crippen LogP contribution is 2.40. The molecule has 5 heteroatoms. The Bertz CT molecular complexity index is 1140. The lowest BCUT2D eigenvalue weighted by Gasteiger charge is -2.36. The van der Waals surface area contributed by atoms with Crippen LogP contribution in [0.1, 0.15) is 28.4 Å². The second-order valence-corrected chi connectivity index (χ2v) is 7.21. The van der Waals surface area contributed by atoms with Crippen molar-refractivity contribution in [3.8, 4) is 0 Å². The first-order valence-electron chi connectivity index (χ1n) is 9.38. The van der Waals surface area contributed by atoms with Crippen LogP contribution in [0.25, 0.3) is 10.9 Å². The zero-order valence-corrected chi connectivity index (χ0v) is 15.2. The second kappa shape index (κ2) is 6.84. The molecule has 4 aromatic rings. The fourth-order valence-corrected chi connectivity index (χ4v) is 4.26. The number of nitrogens with zero attached hydrogens (tertiary/aromatic N) is 2. The van der Waals surface area contributed by atoms with Gasteiger partial charge in [-0.05, 0) is 47.9 Å². The Hall–Kier alpha value is -3.05.